The van der Waals surface area contributed by atoms with E-state index >= 15 is 0 Å². The number of carbonyl (C=O) groups excluding carboxylic acids is 2. The Morgan fingerprint density at radius 2 is 1.86 bits per heavy atom. The highest BCUT2D eigenvalue weighted by atomic mass is 35.5. The molecular weight excluding hydrogens is 388 g/mol. The first-order valence-corrected chi connectivity index (χ1v) is 9.58. The van der Waals surface area contributed by atoms with E-state index in [0.29, 0.717) is 23.0 Å². The highest BCUT2D eigenvalue weighted by molar-refractivity contribution is 6.30. The topological polar surface area (TPSA) is 58.6 Å². The third-order valence-corrected chi connectivity index (χ3v) is 5.01. The van der Waals surface area contributed by atoms with Crippen molar-refractivity contribution >= 4 is 34.8 Å². The van der Waals surface area contributed by atoms with Crippen LogP contribution in [0.3, 0.4) is 0 Å². The highest BCUT2D eigenvalue weighted by Crippen LogP contribution is 2.29. The molecule has 1 heterocycles. The number of nitrogens with one attached hydrogen (secondary N) is 1. The van der Waals surface area contributed by atoms with Crippen LogP contribution in [0.1, 0.15) is 21.5 Å². The number of nitrogens with zero attached hydrogens (tertiary/aromatic N) is 1. The summed E-state index contributed by atoms with van der Waals surface area (Å²) < 4.78 is 5.56. The van der Waals surface area contributed by atoms with Gasteiger partial charge >= 0.3 is 0 Å². The molecule has 5 nitrogen and oxygen atoms in total. The van der Waals surface area contributed by atoms with Crippen molar-refractivity contribution in [3.8, 4) is 5.75 Å². The van der Waals surface area contributed by atoms with Gasteiger partial charge in [0.15, 0.2) is 6.61 Å². The number of carbonyl (C=O) groups is 2. The second-order valence-corrected chi connectivity index (χ2v) is 7.28. The lowest BCUT2D eigenvalue weighted by Crippen LogP contribution is -2.23. The largest absolute Gasteiger partial charge is 0.483 e. The van der Waals surface area contributed by atoms with Crippen molar-refractivity contribution in [2.24, 2.45) is 0 Å². The fourth-order valence-electron chi connectivity index (χ4n) is 3.30. The number of halogens is 1. The lowest BCUT2D eigenvalue weighted by molar-refractivity contribution is -0.118. The van der Waals surface area contributed by atoms with Gasteiger partial charge in [0.1, 0.15) is 5.75 Å². The van der Waals surface area contributed by atoms with Gasteiger partial charge in [-0.2, -0.15) is 0 Å². The molecule has 0 radical (unpaired) electrons. The van der Waals surface area contributed by atoms with Crippen LogP contribution >= 0.6 is 11.6 Å². The molecule has 0 aliphatic carbocycles. The lowest BCUT2D eigenvalue weighted by Gasteiger charge is -2.16. The average molecular weight is 407 g/mol. The number of ether oxygens (including phenoxy) is 1. The van der Waals surface area contributed by atoms with E-state index in [4.69, 9.17) is 16.3 Å². The summed E-state index contributed by atoms with van der Waals surface area (Å²) in [5.41, 5.74) is 4.05. The Bertz CT molecular complexity index is 1080. The number of anilines is 2. The summed E-state index contributed by atoms with van der Waals surface area (Å²) in [7, 11) is 0. The molecule has 0 atom stereocenters. The molecule has 0 bridgehead atoms. The molecule has 0 unspecified atom stereocenters. The van der Waals surface area contributed by atoms with Crippen LogP contribution in [0.25, 0.3) is 0 Å². The van der Waals surface area contributed by atoms with Crippen molar-refractivity contribution in [3.05, 3.63) is 88.4 Å². The molecule has 29 heavy (non-hydrogen) atoms. The maximum atomic E-state index is 12.6. The zero-order chi connectivity index (χ0) is 20.4. The van der Waals surface area contributed by atoms with Gasteiger partial charge in [-0.05, 0) is 66.6 Å². The van der Waals surface area contributed by atoms with Crippen molar-refractivity contribution in [3.63, 3.8) is 0 Å². The fourth-order valence-corrected chi connectivity index (χ4v) is 3.53. The predicted octanol–water partition coefficient (Wildman–Crippen LogP) is 4.83. The molecule has 0 spiro atoms. The Balaban J connectivity index is 1.36. The van der Waals surface area contributed by atoms with Gasteiger partial charge in [-0.1, -0.05) is 29.8 Å². The number of fused-ring (bicyclic) bond motifs is 1. The van der Waals surface area contributed by atoms with Gasteiger partial charge in [-0.3, -0.25) is 9.59 Å². The van der Waals surface area contributed by atoms with E-state index in [1.165, 1.54) is 0 Å². The molecule has 0 aromatic heterocycles. The summed E-state index contributed by atoms with van der Waals surface area (Å²) in [6.45, 7) is 2.31. The number of hydrogen-bond acceptors (Lipinski definition) is 3. The van der Waals surface area contributed by atoms with Gasteiger partial charge in [0, 0.05) is 22.0 Å². The van der Waals surface area contributed by atoms with Crippen LogP contribution in [0.5, 0.6) is 5.75 Å². The predicted molar refractivity (Wildman–Crippen MR) is 114 cm³/mol. The molecule has 0 saturated heterocycles. The smallest absolute Gasteiger partial charge is 0.262 e. The fraction of sp³-hybridized carbons (Fsp3) is 0.130. The van der Waals surface area contributed by atoms with Gasteiger partial charge in [0.2, 0.25) is 0 Å². The minimum Gasteiger partial charge on any atom is -0.483 e. The average Bonchev–Trinajstić information content (AvgIpc) is 3.05. The van der Waals surface area contributed by atoms with Gasteiger partial charge in [-0.25, -0.2) is 0 Å². The van der Waals surface area contributed by atoms with Gasteiger partial charge in [0.05, 0.1) is 6.54 Å². The van der Waals surface area contributed by atoms with Crippen molar-refractivity contribution in [1.82, 2.24) is 0 Å². The molecular formula is C23H19ClN2O3. The molecule has 4 rings (SSSR count). The molecule has 1 aliphatic heterocycles. The number of hydrogen-bond donors (Lipinski definition) is 1. The molecule has 1 N–H and O–H groups in total. The Kier molecular flexibility index (Phi) is 5.23. The Labute approximate surface area is 173 Å². The van der Waals surface area contributed by atoms with Crippen molar-refractivity contribution in [2.45, 2.75) is 13.5 Å². The van der Waals surface area contributed by atoms with E-state index in [1.807, 2.05) is 43.3 Å². The zero-order valence-corrected chi connectivity index (χ0v) is 16.6. The van der Waals surface area contributed by atoms with Crippen LogP contribution in [0.4, 0.5) is 11.4 Å². The molecule has 0 fully saturated rings. The minimum atomic E-state index is -0.267. The Morgan fingerprint density at radius 1 is 1.10 bits per heavy atom. The maximum absolute atomic E-state index is 12.6. The van der Waals surface area contributed by atoms with Crippen LogP contribution in [0.2, 0.25) is 5.02 Å². The number of rotatable bonds is 5. The van der Waals surface area contributed by atoms with E-state index < -0.39 is 0 Å². The molecule has 2 amide bonds. The SMILES string of the molecule is Cc1cc(Cl)ccc1OCC(=O)Nc1ccc(N2Cc3ccccc3C2=O)cc1. The molecule has 3 aromatic rings. The van der Waals surface area contributed by atoms with E-state index in [0.717, 1.165) is 22.4 Å². The Morgan fingerprint density at radius 3 is 2.59 bits per heavy atom. The summed E-state index contributed by atoms with van der Waals surface area (Å²) >= 11 is 5.92. The van der Waals surface area contributed by atoms with E-state index in [1.54, 1.807) is 35.2 Å². The maximum Gasteiger partial charge on any atom is 0.262 e. The summed E-state index contributed by atoms with van der Waals surface area (Å²) in [5.74, 6) is 0.341. The van der Waals surface area contributed by atoms with Crippen molar-refractivity contribution in [2.75, 3.05) is 16.8 Å². The normalized spacial score (nSPS) is 12.6. The third-order valence-electron chi connectivity index (χ3n) is 4.78. The van der Waals surface area contributed by atoms with Crippen LogP contribution in [-0.2, 0) is 11.3 Å². The number of aryl methyl sites for hydroxylation is 1. The van der Waals surface area contributed by atoms with Crippen LogP contribution < -0.4 is 15.0 Å². The van der Waals surface area contributed by atoms with Crippen LogP contribution in [0, 0.1) is 6.92 Å². The van der Waals surface area contributed by atoms with E-state index in [2.05, 4.69) is 5.32 Å². The number of amides is 2. The molecule has 146 valence electrons. The van der Waals surface area contributed by atoms with E-state index in [9.17, 15) is 9.59 Å². The standard InChI is InChI=1S/C23H19ClN2O3/c1-15-12-17(24)6-11-21(15)29-14-22(27)25-18-7-9-19(10-8-18)26-13-16-4-2-3-5-20(16)23(26)28/h2-12H,13-14H2,1H3,(H,25,27). The minimum absolute atomic E-state index is 0.0101. The third kappa shape index (κ3) is 4.10. The van der Waals surface area contributed by atoms with Crippen molar-refractivity contribution < 1.29 is 14.3 Å². The second-order valence-electron chi connectivity index (χ2n) is 6.84. The van der Waals surface area contributed by atoms with Gasteiger partial charge < -0.3 is 15.0 Å². The molecule has 3 aromatic carbocycles. The first-order valence-electron chi connectivity index (χ1n) is 9.20. The molecule has 1 aliphatic rings. The molecule has 0 saturated carbocycles. The first-order chi connectivity index (χ1) is 14.0. The Hall–Kier alpha value is -3.31. The van der Waals surface area contributed by atoms with Crippen LogP contribution in [0.15, 0.2) is 66.7 Å². The monoisotopic (exact) mass is 406 g/mol. The van der Waals surface area contributed by atoms with Gasteiger partial charge in [-0.15, -0.1) is 0 Å². The summed E-state index contributed by atoms with van der Waals surface area (Å²) in [6.07, 6.45) is 0. The first kappa shape index (κ1) is 19.0. The van der Waals surface area contributed by atoms with Gasteiger partial charge in [0.25, 0.3) is 11.8 Å². The number of benzene rings is 3. The molecule has 6 heteroatoms. The lowest BCUT2D eigenvalue weighted by atomic mass is 10.1. The summed E-state index contributed by atoms with van der Waals surface area (Å²) in [6, 6.07) is 20.0. The van der Waals surface area contributed by atoms with E-state index in [-0.39, 0.29) is 18.4 Å². The zero-order valence-electron chi connectivity index (χ0n) is 15.8. The van der Waals surface area contributed by atoms with Crippen molar-refractivity contribution in [1.29, 1.82) is 0 Å². The quantitative estimate of drug-likeness (QED) is 0.660. The second kappa shape index (κ2) is 7.97. The highest BCUT2D eigenvalue weighted by Gasteiger charge is 2.27. The van der Waals surface area contributed by atoms with Crippen LogP contribution in [-0.4, -0.2) is 18.4 Å². The summed E-state index contributed by atoms with van der Waals surface area (Å²) in [5, 5.41) is 3.42. The summed E-state index contributed by atoms with van der Waals surface area (Å²) in [4.78, 5) is 26.5.